The third-order valence-corrected chi connectivity index (χ3v) is 5.99. The van der Waals surface area contributed by atoms with E-state index in [2.05, 4.69) is 26.4 Å². The number of carbonyl (C=O) groups is 1. The smallest absolute Gasteiger partial charge is 0.186 e. The molecule has 0 aliphatic heterocycles. The molecule has 7 heteroatoms. The largest absolute Gasteiger partial charge is 0.384 e. The molecule has 0 amide bonds. The molecule has 0 saturated carbocycles. The maximum absolute atomic E-state index is 13.7. The van der Waals surface area contributed by atoms with Crippen LogP contribution in [0.15, 0.2) is 85.5 Å². The van der Waals surface area contributed by atoms with Crippen molar-refractivity contribution in [2.24, 2.45) is 7.05 Å². The zero-order chi connectivity index (χ0) is 23.5. The summed E-state index contributed by atoms with van der Waals surface area (Å²) in [5, 5.41) is 8.62. The molecule has 4 N–H and O–H groups in total. The van der Waals surface area contributed by atoms with Crippen molar-refractivity contribution >= 4 is 22.5 Å². The van der Waals surface area contributed by atoms with E-state index in [-0.39, 0.29) is 5.78 Å². The minimum atomic E-state index is -0.458. The highest BCUT2D eigenvalue weighted by molar-refractivity contribution is 6.11. The Bertz CT molecular complexity index is 1420. The molecule has 34 heavy (non-hydrogen) atoms. The first kappa shape index (κ1) is 21.6. The highest BCUT2D eigenvalue weighted by Gasteiger charge is 2.24. The molecular weight excluding hydrogens is 424 g/mol. The first-order valence-corrected chi connectivity index (χ1v) is 11.2. The second-order valence-corrected chi connectivity index (χ2v) is 8.37. The Balaban J connectivity index is 1.40. The number of nitrogens with one attached hydrogen (secondary N) is 2. The number of aryl methyl sites for hydroxylation is 1. The number of hydrogen-bond acceptors (Lipinski definition) is 5. The zero-order valence-corrected chi connectivity index (χ0v) is 18.9. The summed E-state index contributed by atoms with van der Waals surface area (Å²) >= 11 is 0. The van der Waals surface area contributed by atoms with Gasteiger partial charge in [0.15, 0.2) is 5.78 Å². The topological polar surface area (TPSA) is 102 Å². The number of ketones is 1. The molecule has 0 aliphatic rings. The van der Waals surface area contributed by atoms with E-state index in [0.717, 1.165) is 39.6 Å². The molecule has 5 rings (SSSR count). The van der Waals surface area contributed by atoms with E-state index in [4.69, 9.17) is 5.73 Å². The molecule has 0 radical (unpaired) electrons. The number of anilines is 1. The van der Waals surface area contributed by atoms with Gasteiger partial charge in [-0.1, -0.05) is 48.5 Å². The van der Waals surface area contributed by atoms with Crippen molar-refractivity contribution in [3.05, 3.63) is 102 Å². The van der Waals surface area contributed by atoms with Crippen molar-refractivity contribution in [3.63, 3.8) is 0 Å². The van der Waals surface area contributed by atoms with E-state index < -0.39 is 6.04 Å². The Labute approximate surface area is 197 Å². The van der Waals surface area contributed by atoms with Crippen LogP contribution >= 0.6 is 0 Å². The molecule has 2 aromatic carbocycles. The second kappa shape index (κ2) is 9.33. The van der Waals surface area contributed by atoms with Gasteiger partial charge in [-0.3, -0.25) is 9.48 Å². The van der Waals surface area contributed by atoms with Crippen LogP contribution in [0.3, 0.4) is 0 Å². The summed E-state index contributed by atoms with van der Waals surface area (Å²) in [5.74, 6) is 0.530. The lowest BCUT2D eigenvalue weighted by atomic mass is 9.96. The van der Waals surface area contributed by atoms with Crippen molar-refractivity contribution in [2.75, 3.05) is 12.3 Å². The third-order valence-electron chi connectivity index (χ3n) is 5.99. The van der Waals surface area contributed by atoms with Gasteiger partial charge in [-0.05, 0) is 35.2 Å². The summed E-state index contributed by atoms with van der Waals surface area (Å²) in [6.45, 7) is 0.629. The zero-order valence-electron chi connectivity index (χ0n) is 18.9. The predicted molar refractivity (Wildman–Crippen MR) is 134 cm³/mol. The Morgan fingerprint density at radius 3 is 2.68 bits per heavy atom. The summed E-state index contributed by atoms with van der Waals surface area (Å²) in [6.07, 6.45) is 8.13. The molecule has 0 aliphatic carbocycles. The number of rotatable bonds is 8. The molecule has 0 fully saturated rings. The quantitative estimate of drug-likeness (QED) is 0.306. The van der Waals surface area contributed by atoms with Gasteiger partial charge in [0.05, 0.1) is 12.2 Å². The number of H-pyrrole nitrogens is 1. The second-order valence-electron chi connectivity index (χ2n) is 8.37. The van der Waals surface area contributed by atoms with Gasteiger partial charge in [0.25, 0.3) is 0 Å². The van der Waals surface area contributed by atoms with Crippen molar-refractivity contribution in [2.45, 2.75) is 12.5 Å². The van der Waals surface area contributed by atoms with Crippen LogP contribution in [0.5, 0.6) is 0 Å². The highest BCUT2D eigenvalue weighted by Crippen LogP contribution is 2.28. The minimum Gasteiger partial charge on any atom is -0.384 e. The number of hydrogen-bond donors (Lipinski definition) is 3. The van der Waals surface area contributed by atoms with Crippen LogP contribution in [0.25, 0.3) is 22.0 Å². The maximum Gasteiger partial charge on any atom is 0.186 e. The van der Waals surface area contributed by atoms with Crippen LogP contribution in [-0.4, -0.2) is 32.1 Å². The normalized spacial score (nSPS) is 12.1. The van der Waals surface area contributed by atoms with Crippen LogP contribution < -0.4 is 11.1 Å². The first-order valence-electron chi connectivity index (χ1n) is 11.2. The third kappa shape index (κ3) is 4.46. The average Bonchev–Trinajstić information content (AvgIpc) is 3.49. The van der Waals surface area contributed by atoms with E-state index >= 15 is 0 Å². The molecule has 0 spiro atoms. The molecule has 0 unspecified atom stereocenters. The van der Waals surface area contributed by atoms with Crippen LogP contribution in [0.4, 0.5) is 5.82 Å². The number of Topliss-reactive ketones (excluding diaryl/α,β-unsaturated/α-hetero) is 1. The molecule has 170 valence electrons. The number of fused-ring (bicyclic) bond motifs is 1. The van der Waals surface area contributed by atoms with Crippen LogP contribution in [0, 0.1) is 0 Å². The number of carbonyl (C=O) groups excluding carboxylic acids is 1. The van der Waals surface area contributed by atoms with Gasteiger partial charge in [-0.2, -0.15) is 5.10 Å². The lowest BCUT2D eigenvalue weighted by Gasteiger charge is -2.18. The highest BCUT2D eigenvalue weighted by atomic mass is 16.1. The van der Waals surface area contributed by atoms with E-state index in [1.165, 1.54) is 0 Å². The lowest BCUT2D eigenvalue weighted by Crippen LogP contribution is -2.30. The van der Waals surface area contributed by atoms with E-state index in [1.807, 2.05) is 74.2 Å². The molecule has 3 aromatic heterocycles. The van der Waals surface area contributed by atoms with Crippen LogP contribution in [-0.2, 0) is 13.5 Å². The SMILES string of the molecule is Cn1cc(-c2ccc3c(C(=O)[C@@H](NCCc4ccc(N)nc4)c4ccccc4)c[nH]c3c2)cn1. The predicted octanol–water partition coefficient (Wildman–Crippen LogP) is 4.30. The van der Waals surface area contributed by atoms with E-state index in [9.17, 15) is 4.79 Å². The van der Waals surface area contributed by atoms with Gasteiger partial charge < -0.3 is 16.0 Å². The average molecular weight is 451 g/mol. The number of pyridine rings is 1. The minimum absolute atomic E-state index is 0.0296. The molecule has 3 heterocycles. The number of aromatic nitrogens is 4. The van der Waals surface area contributed by atoms with Crippen molar-refractivity contribution in [1.82, 2.24) is 25.1 Å². The fourth-order valence-electron chi connectivity index (χ4n) is 4.19. The molecule has 5 aromatic rings. The summed E-state index contributed by atoms with van der Waals surface area (Å²) in [7, 11) is 1.90. The van der Waals surface area contributed by atoms with Crippen LogP contribution in [0.2, 0.25) is 0 Å². The van der Waals surface area contributed by atoms with Crippen molar-refractivity contribution < 1.29 is 4.79 Å². The fourth-order valence-corrected chi connectivity index (χ4v) is 4.19. The number of nitrogens with two attached hydrogens (primary N) is 1. The summed E-state index contributed by atoms with van der Waals surface area (Å²) < 4.78 is 1.78. The molecule has 0 saturated heterocycles. The van der Waals surface area contributed by atoms with Gasteiger partial charge in [-0.15, -0.1) is 0 Å². The van der Waals surface area contributed by atoms with Crippen LogP contribution in [0.1, 0.15) is 27.5 Å². The Kier molecular flexibility index (Phi) is 5.93. The first-order chi connectivity index (χ1) is 16.6. The van der Waals surface area contributed by atoms with E-state index in [1.54, 1.807) is 16.9 Å². The van der Waals surface area contributed by atoms with Gasteiger partial charge in [0.1, 0.15) is 5.82 Å². The lowest BCUT2D eigenvalue weighted by molar-refractivity contribution is 0.0945. The monoisotopic (exact) mass is 450 g/mol. The molecule has 1 atom stereocenters. The van der Waals surface area contributed by atoms with Gasteiger partial charge in [-0.25, -0.2) is 4.98 Å². The molecular formula is C27H26N6O. The number of aromatic amines is 1. The Morgan fingerprint density at radius 1 is 1.09 bits per heavy atom. The molecule has 7 nitrogen and oxygen atoms in total. The van der Waals surface area contributed by atoms with Crippen molar-refractivity contribution in [3.8, 4) is 11.1 Å². The summed E-state index contributed by atoms with van der Waals surface area (Å²) in [4.78, 5) is 21.2. The van der Waals surface area contributed by atoms with Gasteiger partial charge in [0.2, 0.25) is 0 Å². The number of nitrogen functional groups attached to an aromatic ring is 1. The van der Waals surface area contributed by atoms with Gasteiger partial charge in [0, 0.05) is 54.2 Å². The summed E-state index contributed by atoms with van der Waals surface area (Å²) in [5.41, 5.74) is 11.4. The Hall–Kier alpha value is -4.23. The summed E-state index contributed by atoms with van der Waals surface area (Å²) in [6, 6.07) is 19.2. The van der Waals surface area contributed by atoms with Crippen molar-refractivity contribution in [1.29, 1.82) is 0 Å². The maximum atomic E-state index is 13.7. The van der Waals surface area contributed by atoms with Gasteiger partial charge >= 0.3 is 0 Å². The number of nitrogens with zero attached hydrogens (tertiary/aromatic N) is 3. The number of benzene rings is 2. The standard InChI is InChI=1S/C27H26N6O/c1-33-17-21(15-32-33)20-8-9-22-23(16-30-24(22)13-20)27(34)26(19-5-3-2-4-6-19)29-12-11-18-7-10-25(28)31-14-18/h2-10,13-17,26,29-30H,11-12H2,1H3,(H2,28,31)/t26-/m0/s1. The molecule has 0 bridgehead atoms. The fraction of sp³-hybridized carbons (Fsp3) is 0.148. The Morgan fingerprint density at radius 2 is 1.94 bits per heavy atom. The van der Waals surface area contributed by atoms with E-state index in [0.29, 0.717) is 17.9 Å².